The van der Waals surface area contributed by atoms with Crippen LogP contribution < -0.4 is 5.32 Å². The van der Waals surface area contributed by atoms with Gasteiger partial charge in [-0.05, 0) is 12.8 Å². The van der Waals surface area contributed by atoms with Crippen LogP contribution in [0.25, 0.3) is 0 Å². The molecule has 0 spiro atoms. The van der Waals surface area contributed by atoms with Crippen molar-refractivity contribution in [3.63, 3.8) is 0 Å². The van der Waals surface area contributed by atoms with Gasteiger partial charge in [0.25, 0.3) is 0 Å². The number of nitrogens with zero attached hydrogens (tertiary/aromatic N) is 3. The summed E-state index contributed by atoms with van der Waals surface area (Å²) in [6.45, 7) is 0.486. The Balaban J connectivity index is 2.71. The number of rotatable bonds is 7. The normalized spacial score (nSPS) is 11.6. The van der Waals surface area contributed by atoms with Crippen LogP contribution in [-0.2, 0) is 9.53 Å². The molecule has 0 aliphatic carbocycles. The van der Waals surface area contributed by atoms with E-state index < -0.39 is 12.0 Å². The topological polar surface area (TPSA) is 108 Å². The lowest BCUT2D eigenvalue weighted by molar-refractivity contribution is -0.138. The molecule has 1 rings (SSSR count). The van der Waals surface area contributed by atoms with Gasteiger partial charge in [-0.1, -0.05) is 0 Å². The number of aliphatic carboxylic acids is 1. The van der Waals surface area contributed by atoms with Gasteiger partial charge in [0.15, 0.2) is 0 Å². The van der Waals surface area contributed by atoms with E-state index in [4.69, 9.17) is 15.1 Å². The molecule has 0 aliphatic heterocycles. The minimum atomic E-state index is -0.992. The average Bonchev–Trinajstić information content (AvgIpc) is 2.38. The van der Waals surface area contributed by atoms with E-state index in [0.29, 0.717) is 19.4 Å². The van der Waals surface area contributed by atoms with Gasteiger partial charge in [0.2, 0.25) is 0 Å². The summed E-state index contributed by atoms with van der Waals surface area (Å²) in [6.07, 6.45) is 3.59. The molecule has 7 nitrogen and oxygen atoms in total. The van der Waals surface area contributed by atoms with Crippen LogP contribution in [0.5, 0.6) is 0 Å². The SMILES string of the molecule is COCCCC(Nc1ncncc1C#N)C(=O)O. The molecular formula is C11H14N4O3. The van der Waals surface area contributed by atoms with Gasteiger partial charge in [0, 0.05) is 13.7 Å². The first-order chi connectivity index (χ1) is 8.69. The average molecular weight is 250 g/mol. The van der Waals surface area contributed by atoms with E-state index in [0.717, 1.165) is 0 Å². The minimum absolute atomic E-state index is 0.218. The van der Waals surface area contributed by atoms with E-state index >= 15 is 0 Å². The van der Waals surface area contributed by atoms with E-state index in [2.05, 4.69) is 15.3 Å². The molecule has 0 aliphatic rings. The highest BCUT2D eigenvalue weighted by molar-refractivity contribution is 5.77. The maximum Gasteiger partial charge on any atom is 0.326 e. The summed E-state index contributed by atoms with van der Waals surface area (Å²) in [5, 5.41) is 20.6. The fourth-order valence-electron chi connectivity index (χ4n) is 1.38. The number of hydrogen-bond donors (Lipinski definition) is 2. The van der Waals surface area contributed by atoms with Crippen molar-refractivity contribution in [2.45, 2.75) is 18.9 Å². The quantitative estimate of drug-likeness (QED) is 0.683. The van der Waals surface area contributed by atoms with Gasteiger partial charge in [-0.2, -0.15) is 5.26 Å². The first kappa shape index (κ1) is 13.9. The second-order valence-corrected chi connectivity index (χ2v) is 3.57. The van der Waals surface area contributed by atoms with Crippen molar-refractivity contribution in [1.82, 2.24) is 9.97 Å². The third-order valence-corrected chi connectivity index (χ3v) is 2.28. The second kappa shape index (κ2) is 7.19. The Morgan fingerprint density at radius 2 is 2.50 bits per heavy atom. The van der Waals surface area contributed by atoms with E-state index in [1.807, 2.05) is 6.07 Å². The summed E-state index contributed by atoms with van der Waals surface area (Å²) in [5.74, 6) is -0.758. The Morgan fingerprint density at radius 1 is 1.72 bits per heavy atom. The van der Waals surface area contributed by atoms with Crippen molar-refractivity contribution in [3.05, 3.63) is 18.1 Å². The third-order valence-electron chi connectivity index (χ3n) is 2.28. The molecule has 2 N–H and O–H groups in total. The van der Waals surface area contributed by atoms with Gasteiger partial charge < -0.3 is 15.2 Å². The summed E-state index contributed by atoms with van der Waals surface area (Å²) < 4.78 is 4.87. The lowest BCUT2D eigenvalue weighted by Gasteiger charge is -2.15. The summed E-state index contributed by atoms with van der Waals surface area (Å²) in [5.41, 5.74) is 0.218. The van der Waals surface area contributed by atoms with Gasteiger partial charge in [-0.3, -0.25) is 0 Å². The molecule has 18 heavy (non-hydrogen) atoms. The Hall–Kier alpha value is -2.20. The number of carboxylic acids is 1. The van der Waals surface area contributed by atoms with Crippen molar-refractivity contribution in [2.75, 3.05) is 19.0 Å². The van der Waals surface area contributed by atoms with Gasteiger partial charge in [-0.15, -0.1) is 0 Å². The molecule has 0 amide bonds. The monoisotopic (exact) mass is 250 g/mol. The maximum absolute atomic E-state index is 11.1. The minimum Gasteiger partial charge on any atom is -0.480 e. The molecular weight excluding hydrogens is 236 g/mol. The molecule has 1 unspecified atom stereocenters. The number of aromatic nitrogens is 2. The highest BCUT2D eigenvalue weighted by atomic mass is 16.5. The van der Waals surface area contributed by atoms with Crippen molar-refractivity contribution in [1.29, 1.82) is 5.26 Å². The number of hydrogen-bond acceptors (Lipinski definition) is 6. The number of carbonyl (C=O) groups is 1. The molecule has 0 fully saturated rings. The van der Waals surface area contributed by atoms with Crippen LogP contribution in [0.15, 0.2) is 12.5 Å². The van der Waals surface area contributed by atoms with Crippen LogP contribution >= 0.6 is 0 Å². The van der Waals surface area contributed by atoms with Crippen LogP contribution in [0.3, 0.4) is 0 Å². The molecule has 7 heteroatoms. The van der Waals surface area contributed by atoms with Gasteiger partial charge >= 0.3 is 5.97 Å². The van der Waals surface area contributed by atoms with Crippen LogP contribution in [0, 0.1) is 11.3 Å². The fourth-order valence-corrected chi connectivity index (χ4v) is 1.38. The van der Waals surface area contributed by atoms with Crippen LogP contribution in [-0.4, -0.2) is 40.8 Å². The Labute approximate surface area is 104 Å². The molecule has 96 valence electrons. The molecule has 1 aromatic heterocycles. The molecule has 0 bridgehead atoms. The number of anilines is 1. The van der Waals surface area contributed by atoms with E-state index in [-0.39, 0.29) is 11.4 Å². The molecule has 0 saturated carbocycles. The van der Waals surface area contributed by atoms with Crippen molar-refractivity contribution >= 4 is 11.8 Å². The van der Waals surface area contributed by atoms with E-state index in [1.54, 1.807) is 7.11 Å². The molecule has 1 aromatic rings. The molecule has 1 atom stereocenters. The van der Waals surface area contributed by atoms with Crippen LogP contribution in [0.1, 0.15) is 18.4 Å². The fraction of sp³-hybridized carbons (Fsp3) is 0.455. The number of ether oxygens (including phenoxy) is 1. The lowest BCUT2D eigenvalue weighted by atomic mass is 10.1. The van der Waals surface area contributed by atoms with Crippen LogP contribution in [0.2, 0.25) is 0 Å². The highest BCUT2D eigenvalue weighted by Crippen LogP contribution is 2.12. The van der Waals surface area contributed by atoms with Crippen LogP contribution in [0.4, 0.5) is 5.82 Å². The molecule has 0 aromatic carbocycles. The first-order valence-corrected chi connectivity index (χ1v) is 5.37. The summed E-state index contributed by atoms with van der Waals surface area (Å²) >= 11 is 0. The number of nitriles is 1. The van der Waals surface area contributed by atoms with Crippen molar-refractivity contribution in [3.8, 4) is 6.07 Å². The second-order valence-electron chi connectivity index (χ2n) is 3.57. The zero-order valence-electron chi connectivity index (χ0n) is 9.96. The third kappa shape index (κ3) is 3.99. The number of carboxylic acid groups (broad SMARTS) is 1. The van der Waals surface area contributed by atoms with Gasteiger partial charge in [0.1, 0.15) is 29.8 Å². The predicted octanol–water partition coefficient (Wildman–Crippen LogP) is 0.640. The summed E-state index contributed by atoms with van der Waals surface area (Å²) in [6, 6.07) is 1.10. The van der Waals surface area contributed by atoms with E-state index in [9.17, 15) is 4.79 Å². The maximum atomic E-state index is 11.1. The summed E-state index contributed by atoms with van der Waals surface area (Å²) in [7, 11) is 1.56. The Bertz CT molecular complexity index is 444. The predicted molar refractivity (Wildman–Crippen MR) is 62.9 cm³/mol. The first-order valence-electron chi connectivity index (χ1n) is 5.37. The van der Waals surface area contributed by atoms with Gasteiger partial charge in [-0.25, -0.2) is 14.8 Å². The van der Waals surface area contributed by atoms with Crippen molar-refractivity contribution < 1.29 is 14.6 Å². The molecule has 0 radical (unpaired) electrons. The van der Waals surface area contributed by atoms with Crippen molar-refractivity contribution in [2.24, 2.45) is 0 Å². The van der Waals surface area contributed by atoms with Gasteiger partial charge in [0.05, 0.1) is 6.20 Å². The summed E-state index contributed by atoms with van der Waals surface area (Å²) in [4.78, 5) is 18.6. The zero-order valence-corrected chi connectivity index (χ0v) is 9.96. The molecule has 0 saturated heterocycles. The lowest BCUT2D eigenvalue weighted by Crippen LogP contribution is -2.30. The Kier molecular flexibility index (Phi) is 5.54. The smallest absolute Gasteiger partial charge is 0.326 e. The molecule has 1 heterocycles. The number of methoxy groups -OCH3 is 1. The largest absolute Gasteiger partial charge is 0.480 e. The van der Waals surface area contributed by atoms with E-state index in [1.165, 1.54) is 12.5 Å². The standard InChI is InChI=1S/C11H14N4O3/c1-18-4-2-3-9(11(16)17)15-10-8(5-12)6-13-7-14-10/h6-7,9H,2-4H2,1H3,(H,16,17)(H,13,14,15). The highest BCUT2D eigenvalue weighted by Gasteiger charge is 2.18. The zero-order chi connectivity index (χ0) is 13.4. The number of nitrogens with one attached hydrogen (secondary N) is 1. The Morgan fingerprint density at radius 3 is 3.11 bits per heavy atom.